The second-order valence-corrected chi connectivity index (χ2v) is 5.33. The molecule has 7 heteroatoms. The minimum atomic E-state index is -0.836. The van der Waals surface area contributed by atoms with E-state index in [1.807, 2.05) is 18.2 Å². The van der Waals surface area contributed by atoms with Crippen LogP contribution in [-0.4, -0.2) is 45.8 Å². The Bertz CT molecular complexity index is 647. The number of amides is 1. The van der Waals surface area contributed by atoms with E-state index in [4.69, 9.17) is 15.6 Å². The van der Waals surface area contributed by atoms with Gasteiger partial charge in [0, 0.05) is 19.2 Å². The summed E-state index contributed by atoms with van der Waals surface area (Å²) in [6.45, 7) is 1.77. The lowest BCUT2D eigenvalue weighted by molar-refractivity contribution is 0.111. The van der Waals surface area contributed by atoms with Gasteiger partial charge in [-0.25, -0.2) is 9.78 Å². The second kappa shape index (κ2) is 5.51. The fraction of sp³-hybridized carbons (Fsp3) is 0.429. The maximum absolute atomic E-state index is 10.8. The van der Waals surface area contributed by atoms with Crippen LogP contribution in [0.4, 0.5) is 10.7 Å². The zero-order valence-electron chi connectivity index (χ0n) is 11.6. The SMILES string of the molecule is Nc1nc2ccc(OCC3CCN(C(=O)O)CC3)cc2[nH]1. The number of piperidine rings is 1. The number of benzene rings is 1. The van der Waals surface area contributed by atoms with Gasteiger partial charge in [0.1, 0.15) is 5.75 Å². The minimum absolute atomic E-state index is 0.392. The molecule has 112 valence electrons. The summed E-state index contributed by atoms with van der Waals surface area (Å²) < 4.78 is 5.80. The number of H-pyrrole nitrogens is 1. The number of fused-ring (bicyclic) bond motifs is 1. The zero-order valence-corrected chi connectivity index (χ0v) is 11.6. The number of carbonyl (C=O) groups is 1. The van der Waals surface area contributed by atoms with Crippen LogP contribution in [0.2, 0.25) is 0 Å². The van der Waals surface area contributed by atoms with Crippen LogP contribution in [0.5, 0.6) is 5.75 Å². The van der Waals surface area contributed by atoms with Crippen molar-refractivity contribution in [3.63, 3.8) is 0 Å². The molecule has 0 saturated carbocycles. The number of anilines is 1. The Labute approximate surface area is 121 Å². The highest BCUT2D eigenvalue weighted by molar-refractivity contribution is 5.78. The number of aromatic amines is 1. The van der Waals surface area contributed by atoms with Crippen LogP contribution in [0.25, 0.3) is 11.0 Å². The number of imidazole rings is 1. The molecule has 0 unspecified atom stereocenters. The highest BCUT2D eigenvalue weighted by Gasteiger charge is 2.22. The lowest BCUT2D eigenvalue weighted by atomic mass is 9.98. The van der Waals surface area contributed by atoms with E-state index >= 15 is 0 Å². The summed E-state index contributed by atoms with van der Waals surface area (Å²) in [5.41, 5.74) is 7.28. The number of likely N-dealkylation sites (tertiary alicyclic amines) is 1. The van der Waals surface area contributed by atoms with E-state index in [9.17, 15) is 4.79 Å². The molecule has 1 aliphatic rings. The molecule has 3 rings (SSSR count). The van der Waals surface area contributed by atoms with Gasteiger partial charge in [-0.15, -0.1) is 0 Å². The van der Waals surface area contributed by atoms with Crippen LogP contribution in [0.1, 0.15) is 12.8 Å². The largest absolute Gasteiger partial charge is 0.493 e. The molecular formula is C14H18N4O3. The van der Waals surface area contributed by atoms with Crippen molar-refractivity contribution in [1.82, 2.24) is 14.9 Å². The molecule has 0 atom stereocenters. The van der Waals surface area contributed by atoms with Gasteiger partial charge < -0.3 is 25.5 Å². The van der Waals surface area contributed by atoms with Gasteiger partial charge in [0.2, 0.25) is 0 Å². The van der Waals surface area contributed by atoms with E-state index in [0.29, 0.717) is 31.6 Å². The first-order valence-electron chi connectivity index (χ1n) is 6.98. The molecule has 1 fully saturated rings. The molecule has 0 bridgehead atoms. The Kier molecular flexibility index (Phi) is 3.55. The van der Waals surface area contributed by atoms with Crippen molar-refractivity contribution in [2.24, 2.45) is 5.92 Å². The summed E-state index contributed by atoms with van der Waals surface area (Å²) in [7, 11) is 0. The predicted molar refractivity (Wildman–Crippen MR) is 78.3 cm³/mol. The average Bonchev–Trinajstić information content (AvgIpc) is 2.84. The number of hydrogen-bond donors (Lipinski definition) is 3. The monoisotopic (exact) mass is 290 g/mol. The standard InChI is InChI=1S/C14H18N4O3/c15-13-16-11-2-1-10(7-12(11)17-13)21-8-9-3-5-18(6-4-9)14(19)20/h1-2,7,9H,3-6,8H2,(H,19,20)(H3,15,16,17). The van der Waals surface area contributed by atoms with Crippen LogP contribution in [0.3, 0.4) is 0 Å². The smallest absolute Gasteiger partial charge is 0.407 e. The molecule has 0 aliphatic carbocycles. The van der Waals surface area contributed by atoms with Gasteiger partial charge >= 0.3 is 6.09 Å². The summed E-state index contributed by atoms with van der Waals surface area (Å²) in [5.74, 6) is 1.55. The van der Waals surface area contributed by atoms with E-state index in [2.05, 4.69) is 9.97 Å². The minimum Gasteiger partial charge on any atom is -0.493 e. The summed E-state index contributed by atoms with van der Waals surface area (Å²) in [4.78, 5) is 19.4. The van der Waals surface area contributed by atoms with Crippen LogP contribution in [0.15, 0.2) is 18.2 Å². The van der Waals surface area contributed by atoms with Crippen molar-refractivity contribution in [2.45, 2.75) is 12.8 Å². The fourth-order valence-corrected chi connectivity index (χ4v) is 2.60. The number of ether oxygens (including phenoxy) is 1. The maximum atomic E-state index is 10.8. The Morgan fingerprint density at radius 1 is 1.48 bits per heavy atom. The maximum Gasteiger partial charge on any atom is 0.407 e. The molecule has 1 saturated heterocycles. The second-order valence-electron chi connectivity index (χ2n) is 5.33. The van der Waals surface area contributed by atoms with Gasteiger partial charge in [-0.1, -0.05) is 0 Å². The Morgan fingerprint density at radius 3 is 2.95 bits per heavy atom. The quantitative estimate of drug-likeness (QED) is 0.801. The average molecular weight is 290 g/mol. The topological polar surface area (TPSA) is 104 Å². The van der Waals surface area contributed by atoms with Crippen molar-refractivity contribution in [1.29, 1.82) is 0 Å². The van der Waals surface area contributed by atoms with Gasteiger partial charge in [-0.05, 0) is 30.9 Å². The Morgan fingerprint density at radius 2 is 2.24 bits per heavy atom. The number of nitrogen functional groups attached to an aromatic ring is 1. The molecule has 0 spiro atoms. The number of nitrogens with two attached hydrogens (primary N) is 1. The highest BCUT2D eigenvalue weighted by Crippen LogP contribution is 2.22. The number of aromatic nitrogens is 2. The number of rotatable bonds is 3. The molecule has 1 aromatic carbocycles. The van der Waals surface area contributed by atoms with Crippen molar-refractivity contribution in [2.75, 3.05) is 25.4 Å². The summed E-state index contributed by atoms with van der Waals surface area (Å²) >= 11 is 0. The molecule has 2 aromatic rings. The van der Waals surface area contributed by atoms with Crippen LogP contribution >= 0.6 is 0 Å². The first kappa shape index (κ1) is 13.5. The molecule has 2 heterocycles. The zero-order chi connectivity index (χ0) is 14.8. The van der Waals surface area contributed by atoms with Crippen LogP contribution in [-0.2, 0) is 0 Å². The van der Waals surface area contributed by atoms with Crippen molar-refractivity contribution >= 4 is 23.1 Å². The van der Waals surface area contributed by atoms with Gasteiger partial charge in [-0.2, -0.15) is 0 Å². The Balaban J connectivity index is 1.56. The predicted octanol–water partition coefficient (Wildman–Crippen LogP) is 1.91. The molecule has 21 heavy (non-hydrogen) atoms. The van der Waals surface area contributed by atoms with Crippen LogP contribution < -0.4 is 10.5 Å². The third kappa shape index (κ3) is 3.01. The van der Waals surface area contributed by atoms with E-state index in [-0.39, 0.29) is 0 Å². The molecule has 1 aliphatic heterocycles. The highest BCUT2D eigenvalue weighted by atomic mass is 16.5. The summed E-state index contributed by atoms with van der Waals surface area (Å²) in [6, 6.07) is 5.62. The van der Waals surface area contributed by atoms with E-state index in [0.717, 1.165) is 29.6 Å². The lowest BCUT2D eigenvalue weighted by Gasteiger charge is -2.29. The first-order chi connectivity index (χ1) is 10.1. The van der Waals surface area contributed by atoms with Crippen molar-refractivity contribution in [3.8, 4) is 5.75 Å². The number of carboxylic acid groups (broad SMARTS) is 1. The number of nitrogens with one attached hydrogen (secondary N) is 1. The number of nitrogens with zero attached hydrogens (tertiary/aromatic N) is 2. The van der Waals surface area contributed by atoms with Gasteiger partial charge in [0.25, 0.3) is 0 Å². The molecule has 7 nitrogen and oxygen atoms in total. The van der Waals surface area contributed by atoms with Gasteiger partial charge in [0.05, 0.1) is 17.6 Å². The lowest BCUT2D eigenvalue weighted by Crippen LogP contribution is -2.38. The Hall–Kier alpha value is -2.44. The van der Waals surface area contributed by atoms with Crippen molar-refractivity contribution < 1.29 is 14.6 Å². The van der Waals surface area contributed by atoms with E-state index < -0.39 is 6.09 Å². The third-order valence-corrected chi connectivity index (χ3v) is 3.84. The fourth-order valence-electron chi connectivity index (χ4n) is 2.60. The van der Waals surface area contributed by atoms with Crippen molar-refractivity contribution in [3.05, 3.63) is 18.2 Å². The van der Waals surface area contributed by atoms with Gasteiger partial charge in [-0.3, -0.25) is 0 Å². The third-order valence-electron chi connectivity index (χ3n) is 3.84. The molecule has 1 amide bonds. The molecule has 4 N–H and O–H groups in total. The van der Waals surface area contributed by atoms with E-state index in [1.165, 1.54) is 4.90 Å². The number of hydrogen-bond acceptors (Lipinski definition) is 4. The molecule has 0 radical (unpaired) electrons. The summed E-state index contributed by atoms with van der Waals surface area (Å²) in [5, 5.41) is 8.91. The first-order valence-corrected chi connectivity index (χ1v) is 6.98. The van der Waals surface area contributed by atoms with E-state index in [1.54, 1.807) is 0 Å². The summed E-state index contributed by atoms with van der Waals surface area (Å²) in [6.07, 6.45) is 0.841. The molecular weight excluding hydrogens is 272 g/mol. The normalized spacial score (nSPS) is 16.3. The molecule has 1 aromatic heterocycles. The van der Waals surface area contributed by atoms with Crippen LogP contribution in [0, 0.1) is 5.92 Å². The van der Waals surface area contributed by atoms with Gasteiger partial charge in [0.15, 0.2) is 5.95 Å².